The maximum atomic E-state index is 16.0. The maximum Gasteiger partial charge on any atom is 0.193 e. The number of allylic oxidation sites excluding steroid dienone is 5. The summed E-state index contributed by atoms with van der Waals surface area (Å²) >= 11 is 0. The molecule has 11 aromatic carbocycles. The van der Waals surface area contributed by atoms with Gasteiger partial charge in [-0.2, -0.15) is 0 Å². The van der Waals surface area contributed by atoms with Gasteiger partial charge in [0.25, 0.3) is 0 Å². The zero-order chi connectivity index (χ0) is 54.2. The number of hydrogen-bond donors (Lipinski definition) is 0. The Morgan fingerprint density at radius 2 is 0.756 bits per heavy atom. The second kappa shape index (κ2) is 16.3. The van der Waals surface area contributed by atoms with E-state index in [2.05, 4.69) is 252 Å². The summed E-state index contributed by atoms with van der Waals surface area (Å²) in [5, 5.41) is 4.89. The van der Waals surface area contributed by atoms with E-state index in [-0.39, 0.29) is 11.6 Å². The van der Waals surface area contributed by atoms with Gasteiger partial charge in [-0.25, -0.2) is 0 Å². The molecule has 2 spiro atoms. The molecule has 0 unspecified atom stereocenters. The van der Waals surface area contributed by atoms with Crippen molar-refractivity contribution in [2.75, 3.05) is 0 Å². The van der Waals surface area contributed by atoms with Crippen LogP contribution >= 0.6 is 0 Å². The Kier molecular flexibility index (Phi) is 9.06. The van der Waals surface area contributed by atoms with Crippen molar-refractivity contribution in [3.63, 3.8) is 0 Å². The van der Waals surface area contributed by atoms with Crippen LogP contribution in [-0.4, -0.2) is 20.7 Å². The molecule has 2 aromatic heterocycles. The fraction of sp³-hybridized carbons (Fsp3) is 0.0513. The lowest BCUT2D eigenvalue weighted by atomic mass is 9.67. The number of para-hydroxylation sites is 4. The van der Waals surface area contributed by atoms with Crippen molar-refractivity contribution < 1.29 is 9.59 Å². The monoisotopic (exact) mass is 1040 g/mol. The molecule has 0 bridgehead atoms. The van der Waals surface area contributed by atoms with Crippen LogP contribution in [0.4, 0.5) is 0 Å². The first-order valence-electron chi connectivity index (χ1n) is 28.5. The van der Waals surface area contributed by atoms with Gasteiger partial charge in [0.2, 0.25) is 0 Å². The minimum atomic E-state index is -0.762. The number of ketones is 2. The van der Waals surface area contributed by atoms with E-state index >= 15 is 4.79 Å². The predicted octanol–water partition coefficient (Wildman–Crippen LogP) is 18.3. The fourth-order valence-electron chi connectivity index (χ4n) is 16.0. The molecule has 4 heteroatoms. The van der Waals surface area contributed by atoms with Crippen LogP contribution in [0.15, 0.2) is 267 Å². The van der Waals surface area contributed by atoms with E-state index in [1.165, 1.54) is 66.6 Å². The number of aromatic nitrogens is 2. The SMILES string of the molecule is C=CC(=O)c1ccc2c(c1)C1(c3ccccc3-c3ccccc31)c1cc(C(=O)c3ccc4c(c3)C3(C5=C4C=CCC5)c4cc(-n5c6ccccc6c6ccccc65)ccc4-c4ccc(-n5c6ccccc6c6ccccc65)cc43)ccc1-2. The molecule has 0 saturated heterocycles. The number of nitrogens with zero attached hydrogens (tertiary/aromatic N) is 2. The van der Waals surface area contributed by atoms with E-state index in [4.69, 9.17) is 0 Å². The molecule has 0 atom stereocenters. The third kappa shape index (κ3) is 5.61. The first kappa shape index (κ1) is 45.4. The Labute approximate surface area is 473 Å². The topological polar surface area (TPSA) is 44.0 Å². The summed E-state index contributed by atoms with van der Waals surface area (Å²) in [5.74, 6) is -0.158. The largest absolute Gasteiger partial charge is 0.309 e. The highest BCUT2D eigenvalue weighted by Gasteiger charge is 2.55. The van der Waals surface area contributed by atoms with Crippen molar-refractivity contribution >= 4 is 60.8 Å². The smallest absolute Gasteiger partial charge is 0.193 e. The molecule has 4 nitrogen and oxygen atoms in total. The molecule has 0 N–H and O–H groups in total. The number of fused-ring (bicyclic) bond motifs is 25. The van der Waals surface area contributed by atoms with E-state index in [1.54, 1.807) is 0 Å². The Morgan fingerprint density at radius 1 is 0.378 bits per heavy atom. The molecule has 18 rings (SSSR count). The second-order valence-corrected chi connectivity index (χ2v) is 22.8. The zero-order valence-corrected chi connectivity index (χ0v) is 44.6. The van der Waals surface area contributed by atoms with Crippen molar-refractivity contribution in [1.82, 2.24) is 9.13 Å². The van der Waals surface area contributed by atoms with Crippen LogP contribution in [-0.2, 0) is 10.8 Å². The predicted molar refractivity (Wildman–Crippen MR) is 333 cm³/mol. The Balaban J connectivity index is 0.875. The van der Waals surface area contributed by atoms with Crippen LogP contribution < -0.4 is 0 Å². The minimum Gasteiger partial charge on any atom is -0.309 e. The average molecular weight is 1050 g/mol. The summed E-state index contributed by atoms with van der Waals surface area (Å²) < 4.78 is 4.88. The fourth-order valence-corrected chi connectivity index (χ4v) is 16.0. The first-order valence-corrected chi connectivity index (χ1v) is 28.5. The minimum absolute atomic E-state index is 0.0362. The highest BCUT2D eigenvalue weighted by molar-refractivity contribution is 6.13. The molecule has 0 radical (unpaired) electrons. The van der Waals surface area contributed by atoms with Crippen LogP contribution in [0.5, 0.6) is 0 Å². The summed E-state index contributed by atoms with van der Waals surface area (Å²) in [6, 6.07) is 85.6. The lowest BCUT2D eigenvalue weighted by Gasteiger charge is -2.34. The zero-order valence-electron chi connectivity index (χ0n) is 44.6. The molecule has 0 saturated carbocycles. The first-order chi connectivity index (χ1) is 40.5. The van der Waals surface area contributed by atoms with Gasteiger partial charge in [0, 0.05) is 49.6 Å². The van der Waals surface area contributed by atoms with Gasteiger partial charge in [0.05, 0.1) is 32.9 Å². The van der Waals surface area contributed by atoms with E-state index in [0.717, 1.165) is 96.4 Å². The normalized spacial score (nSPS) is 15.0. The summed E-state index contributed by atoms with van der Waals surface area (Å²) in [6.45, 7) is 3.85. The molecular weight excluding hydrogens is 997 g/mol. The number of carbonyl (C=O) groups excluding carboxylic acids is 2. The van der Waals surface area contributed by atoms with E-state index in [9.17, 15) is 4.79 Å². The van der Waals surface area contributed by atoms with Gasteiger partial charge in [-0.05, 0) is 175 Å². The average Bonchev–Trinajstić information content (AvgIpc) is 1.84. The van der Waals surface area contributed by atoms with Gasteiger partial charge < -0.3 is 9.13 Å². The summed E-state index contributed by atoms with van der Waals surface area (Å²) in [6.07, 6.45) is 7.86. The van der Waals surface area contributed by atoms with Gasteiger partial charge >= 0.3 is 0 Å². The summed E-state index contributed by atoms with van der Waals surface area (Å²) in [5.41, 5.74) is 25.8. The van der Waals surface area contributed by atoms with Crippen molar-refractivity contribution in [3.05, 3.63) is 328 Å². The van der Waals surface area contributed by atoms with Crippen molar-refractivity contribution in [2.45, 2.75) is 23.7 Å². The van der Waals surface area contributed by atoms with Crippen LogP contribution in [0.25, 0.3) is 93.9 Å². The third-order valence-corrected chi connectivity index (χ3v) is 19.2. The molecular formula is C78H48N2O2. The molecule has 0 aliphatic heterocycles. The molecule has 5 aliphatic rings. The Morgan fingerprint density at radius 3 is 1.24 bits per heavy atom. The number of hydrogen-bond acceptors (Lipinski definition) is 2. The van der Waals surface area contributed by atoms with Gasteiger partial charge in [-0.1, -0.05) is 189 Å². The van der Waals surface area contributed by atoms with E-state index in [0.29, 0.717) is 16.7 Å². The van der Waals surface area contributed by atoms with E-state index in [1.807, 2.05) is 12.1 Å². The lowest BCUT2D eigenvalue weighted by Crippen LogP contribution is -2.28. The molecule has 5 aliphatic carbocycles. The molecule has 382 valence electrons. The maximum absolute atomic E-state index is 16.0. The quantitative estimate of drug-likeness (QED) is 0.123. The van der Waals surface area contributed by atoms with Crippen molar-refractivity contribution in [3.8, 4) is 44.8 Å². The van der Waals surface area contributed by atoms with Crippen LogP contribution in [0.2, 0.25) is 0 Å². The Hall–Kier alpha value is -10.4. The van der Waals surface area contributed by atoms with Crippen LogP contribution in [0.1, 0.15) is 83.6 Å². The van der Waals surface area contributed by atoms with Gasteiger partial charge in [-0.15, -0.1) is 0 Å². The molecule has 13 aromatic rings. The summed E-state index contributed by atoms with van der Waals surface area (Å²) in [7, 11) is 0. The van der Waals surface area contributed by atoms with Gasteiger partial charge in [0.1, 0.15) is 0 Å². The van der Waals surface area contributed by atoms with Gasteiger partial charge in [0.15, 0.2) is 11.6 Å². The number of carbonyl (C=O) groups is 2. The second-order valence-electron chi connectivity index (χ2n) is 22.8. The molecule has 0 fully saturated rings. The third-order valence-electron chi connectivity index (χ3n) is 19.2. The highest BCUT2D eigenvalue weighted by atomic mass is 16.1. The molecule has 0 amide bonds. The van der Waals surface area contributed by atoms with Crippen molar-refractivity contribution in [1.29, 1.82) is 0 Å². The number of benzene rings is 11. The van der Waals surface area contributed by atoms with Crippen LogP contribution in [0, 0.1) is 0 Å². The standard InChI is InChI=1S/C78H48N2O2/c1-2-75(81)46-31-36-55-56-38-33-47(42-67(56)77(66(55)41-46)63-24-10-3-17-51(63)52-18-4-11-25-64(52)77)76(82)48-32-37-54-53-19-5-12-26-65(53)78(68(54)43-48)69-44-49(79-71-27-13-6-20-59(71)60-21-7-14-28-72(60)79)34-39-57(69)58-40-35-50(45-70(58)78)80-73-29-15-8-22-61(73)62-23-9-16-30-74(62)80/h2-11,13-25,27-45H,1,12,26H2. The van der Waals surface area contributed by atoms with Crippen LogP contribution in [0.3, 0.4) is 0 Å². The van der Waals surface area contributed by atoms with Crippen molar-refractivity contribution in [2.24, 2.45) is 0 Å². The van der Waals surface area contributed by atoms with E-state index < -0.39 is 10.8 Å². The Bertz CT molecular complexity index is 4870. The molecule has 82 heavy (non-hydrogen) atoms. The highest BCUT2D eigenvalue weighted by Crippen LogP contribution is 2.66. The summed E-state index contributed by atoms with van der Waals surface area (Å²) in [4.78, 5) is 29.5. The van der Waals surface area contributed by atoms with Gasteiger partial charge in [-0.3, -0.25) is 9.59 Å². The number of rotatable bonds is 6. The lowest BCUT2D eigenvalue weighted by molar-refractivity contribution is 0.103. The molecule has 2 heterocycles.